The maximum absolute atomic E-state index is 9.68. The molecule has 3 N–H and O–H groups in total. The highest BCUT2D eigenvalue weighted by molar-refractivity contribution is 5.25. The van der Waals surface area contributed by atoms with Gasteiger partial charge in [0.1, 0.15) is 0 Å². The van der Waals surface area contributed by atoms with Crippen molar-refractivity contribution in [2.45, 2.75) is 25.5 Å². The molecule has 1 aliphatic rings. The number of hydrogen-bond donors (Lipinski definition) is 2. The van der Waals surface area contributed by atoms with Gasteiger partial charge in [-0.05, 0) is 37.1 Å². The molecular formula is C13H20N2O. The molecule has 0 saturated carbocycles. The standard InChI is InChI=1S/C13H20N2O/c14-9-13(16)12-5-3-4-11(8-12)10-15-6-1-2-7-15/h3-5,8,13,16H,1-2,6-7,9-10,14H2. The van der Waals surface area contributed by atoms with Crippen molar-refractivity contribution < 1.29 is 5.11 Å². The summed E-state index contributed by atoms with van der Waals surface area (Å²) in [5.74, 6) is 0. The van der Waals surface area contributed by atoms with Gasteiger partial charge in [-0.1, -0.05) is 24.3 Å². The summed E-state index contributed by atoms with van der Waals surface area (Å²) in [5.41, 5.74) is 7.66. The molecule has 0 spiro atoms. The number of aliphatic hydroxyl groups is 1. The van der Waals surface area contributed by atoms with Crippen LogP contribution in [-0.4, -0.2) is 29.6 Å². The van der Waals surface area contributed by atoms with E-state index in [1.807, 2.05) is 12.1 Å². The molecule has 1 saturated heterocycles. The van der Waals surface area contributed by atoms with Gasteiger partial charge in [0, 0.05) is 13.1 Å². The van der Waals surface area contributed by atoms with Crippen LogP contribution < -0.4 is 5.73 Å². The first-order valence-electron chi connectivity index (χ1n) is 5.99. The molecule has 3 heteroatoms. The van der Waals surface area contributed by atoms with Crippen LogP contribution in [0.5, 0.6) is 0 Å². The Morgan fingerprint density at radius 1 is 1.31 bits per heavy atom. The summed E-state index contributed by atoms with van der Waals surface area (Å²) in [7, 11) is 0. The molecule has 1 aromatic carbocycles. The molecule has 0 amide bonds. The molecule has 0 radical (unpaired) electrons. The van der Waals surface area contributed by atoms with Crippen molar-refractivity contribution in [1.82, 2.24) is 4.90 Å². The first-order valence-corrected chi connectivity index (χ1v) is 5.99. The lowest BCUT2D eigenvalue weighted by Crippen LogP contribution is -2.18. The molecule has 88 valence electrons. The van der Waals surface area contributed by atoms with Crippen LogP contribution in [0, 0.1) is 0 Å². The number of benzene rings is 1. The van der Waals surface area contributed by atoms with Gasteiger partial charge in [0.15, 0.2) is 0 Å². The van der Waals surface area contributed by atoms with E-state index < -0.39 is 6.10 Å². The minimum atomic E-state index is -0.529. The van der Waals surface area contributed by atoms with E-state index in [1.54, 1.807) is 0 Å². The van der Waals surface area contributed by atoms with Crippen LogP contribution in [0.2, 0.25) is 0 Å². The molecule has 16 heavy (non-hydrogen) atoms. The molecule has 0 aliphatic carbocycles. The Bertz CT molecular complexity index is 334. The van der Waals surface area contributed by atoms with E-state index in [0.29, 0.717) is 0 Å². The summed E-state index contributed by atoms with van der Waals surface area (Å²) in [4.78, 5) is 2.45. The van der Waals surface area contributed by atoms with Crippen LogP contribution >= 0.6 is 0 Å². The Morgan fingerprint density at radius 3 is 2.75 bits per heavy atom. The van der Waals surface area contributed by atoms with Gasteiger partial charge in [-0.15, -0.1) is 0 Å². The average molecular weight is 220 g/mol. The monoisotopic (exact) mass is 220 g/mol. The van der Waals surface area contributed by atoms with Gasteiger partial charge in [-0.25, -0.2) is 0 Å². The Labute approximate surface area is 96.9 Å². The van der Waals surface area contributed by atoms with Gasteiger partial charge in [0.05, 0.1) is 6.10 Å². The molecule has 1 heterocycles. The van der Waals surface area contributed by atoms with Crippen molar-refractivity contribution in [3.63, 3.8) is 0 Å². The van der Waals surface area contributed by atoms with E-state index in [2.05, 4.69) is 17.0 Å². The second kappa shape index (κ2) is 5.43. The third kappa shape index (κ3) is 2.82. The smallest absolute Gasteiger partial charge is 0.0912 e. The van der Waals surface area contributed by atoms with Crippen molar-refractivity contribution in [3.8, 4) is 0 Å². The van der Waals surface area contributed by atoms with E-state index in [-0.39, 0.29) is 6.54 Å². The average Bonchev–Trinajstić information content (AvgIpc) is 2.81. The van der Waals surface area contributed by atoms with Crippen LogP contribution in [0.15, 0.2) is 24.3 Å². The molecule has 1 atom stereocenters. The minimum Gasteiger partial charge on any atom is -0.387 e. The molecule has 2 rings (SSSR count). The van der Waals surface area contributed by atoms with Gasteiger partial charge >= 0.3 is 0 Å². The van der Waals surface area contributed by atoms with Crippen LogP contribution in [0.4, 0.5) is 0 Å². The van der Waals surface area contributed by atoms with E-state index in [9.17, 15) is 5.11 Å². The maximum atomic E-state index is 9.68. The summed E-state index contributed by atoms with van der Waals surface area (Å²) in [6.45, 7) is 3.67. The van der Waals surface area contributed by atoms with Crippen molar-refractivity contribution in [3.05, 3.63) is 35.4 Å². The van der Waals surface area contributed by atoms with E-state index in [0.717, 1.165) is 12.1 Å². The quantitative estimate of drug-likeness (QED) is 0.803. The fraction of sp³-hybridized carbons (Fsp3) is 0.538. The third-order valence-corrected chi connectivity index (χ3v) is 3.16. The van der Waals surface area contributed by atoms with Crippen LogP contribution in [-0.2, 0) is 6.54 Å². The highest BCUT2D eigenvalue weighted by Crippen LogP contribution is 2.17. The first-order chi connectivity index (χ1) is 7.79. The van der Waals surface area contributed by atoms with Crippen LogP contribution in [0.1, 0.15) is 30.1 Å². The SMILES string of the molecule is NCC(O)c1cccc(CN2CCCC2)c1. The number of rotatable bonds is 4. The molecular weight excluding hydrogens is 200 g/mol. The Hall–Kier alpha value is -0.900. The lowest BCUT2D eigenvalue weighted by atomic mass is 10.1. The Balaban J connectivity index is 2.03. The summed E-state index contributed by atoms with van der Waals surface area (Å²) < 4.78 is 0. The Kier molecular flexibility index (Phi) is 3.93. The number of nitrogens with zero attached hydrogens (tertiary/aromatic N) is 1. The maximum Gasteiger partial charge on any atom is 0.0912 e. The summed E-state index contributed by atoms with van der Waals surface area (Å²) in [6.07, 6.45) is 2.09. The number of hydrogen-bond acceptors (Lipinski definition) is 3. The fourth-order valence-electron chi connectivity index (χ4n) is 2.23. The normalized spacial score (nSPS) is 18.9. The predicted octanol–water partition coefficient (Wildman–Crippen LogP) is 1.27. The predicted molar refractivity (Wildman–Crippen MR) is 65.0 cm³/mol. The Morgan fingerprint density at radius 2 is 2.06 bits per heavy atom. The largest absolute Gasteiger partial charge is 0.387 e. The third-order valence-electron chi connectivity index (χ3n) is 3.16. The van der Waals surface area contributed by atoms with Gasteiger partial charge in [0.2, 0.25) is 0 Å². The van der Waals surface area contributed by atoms with Crippen LogP contribution in [0.25, 0.3) is 0 Å². The number of nitrogens with two attached hydrogens (primary N) is 1. The van der Waals surface area contributed by atoms with Crippen LogP contribution in [0.3, 0.4) is 0 Å². The summed E-state index contributed by atoms with van der Waals surface area (Å²) >= 11 is 0. The van der Waals surface area contributed by atoms with E-state index in [4.69, 9.17) is 5.73 Å². The fourth-order valence-corrected chi connectivity index (χ4v) is 2.23. The zero-order valence-electron chi connectivity index (χ0n) is 9.60. The highest BCUT2D eigenvalue weighted by Gasteiger charge is 2.12. The van der Waals surface area contributed by atoms with Gasteiger partial charge in [-0.2, -0.15) is 0 Å². The molecule has 0 bridgehead atoms. The molecule has 1 aromatic rings. The highest BCUT2D eigenvalue weighted by atomic mass is 16.3. The van der Waals surface area contributed by atoms with Gasteiger partial charge in [0.25, 0.3) is 0 Å². The molecule has 3 nitrogen and oxygen atoms in total. The molecule has 0 aromatic heterocycles. The lowest BCUT2D eigenvalue weighted by Gasteiger charge is -2.16. The first kappa shape index (κ1) is 11.6. The van der Waals surface area contributed by atoms with Crippen molar-refractivity contribution >= 4 is 0 Å². The minimum absolute atomic E-state index is 0.285. The summed E-state index contributed by atoms with van der Waals surface area (Å²) in [5, 5.41) is 9.68. The molecule has 1 aliphatic heterocycles. The second-order valence-electron chi connectivity index (χ2n) is 4.48. The zero-order valence-corrected chi connectivity index (χ0v) is 9.60. The molecule has 1 fully saturated rings. The van der Waals surface area contributed by atoms with Gasteiger partial charge < -0.3 is 10.8 Å². The second-order valence-corrected chi connectivity index (χ2v) is 4.48. The van der Waals surface area contributed by atoms with E-state index >= 15 is 0 Å². The topological polar surface area (TPSA) is 49.5 Å². The number of likely N-dealkylation sites (tertiary alicyclic amines) is 1. The molecule has 1 unspecified atom stereocenters. The lowest BCUT2D eigenvalue weighted by molar-refractivity contribution is 0.186. The zero-order chi connectivity index (χ0) is 11.4. The van der Waals surface area contributed by atoms with Gasteiger partial charge in [-0.3, -0.25) is 4.90 Å². The van der Waals surface area contributed by atoms with Crippen molar-refractivity contribution in [2.75, 3.05) is 19.6 Å². The summed E-state index contributed by atoms with van der Waals surface area (Å²) in [6, 6.07) is 8.12. The number of aliphatic hydroxyl groups excluding tert-OH is 1. The van der Waals surface area contributed by atoms with Crippen molar-refractivity contribution in [1.29, 1.82) is 0 Å². The van der Waals surface area contributed by atoms with Crippen molar-refractivity contribution in [2.24, 2.45) is 5.73 Å². The van der Waals surface area contributed by atoms with E-state index in [1.165, 1.54) is 31.5 Å².